The Hall–Kier alpha value is -0.610. The second-order valence-electron chi connectivity index (χ2n) is 5.54. The molecule has 1 aliphatic rings. The van der Waals surface area contributed by atoms with Gasteiger partial charge in [-0.05, 0) is 39.2 Å². The average molecular weight is 227 g/mol. The Labute approximate surface area is 98.5 Å². The summed E-state index contributed by atoms with van der Waals surface area (Å²) in [4.78, 5) is 14.0. The van der Waals surface area contributed by atoms with Gasteiger partial charge in [-0.15, -0.1) is 0 Å². The topological polar surface area (TPSA) is 58.4 Å². The van der Waals surface area contributed by atoms with Crippen LogP contribution in [0.25, 0.3) is 0 Å². The third-order valence-corrected chi connectivity index (χ3v) is 3.43. The lowest BCUT2D eigenvalue weighted by Gasteiger charge is -2.28. The molecule has 1 fully saturated rings. The molecule has 0 aliphatic carbocycles. The molecule has 1 amide bonds. The van der Waals surface area contributed by atoms with Crippen LogP contribution in [0.3, 0.4) is 0 Å². The van der Waals surface area contributed by atoms with Crippen LogP contribution in [0.2, 0.25) is 0 Å². The van der Waals surface area contributed by atoms with Crippen molar-refractivity contribution in [3.63, 3.8) is 0 Å². The van der Waals surface area contributed by atoms with E-state index in [0.717, 1.165) is 25.6 Å². The number of nitrogens with zero attached hydrogens (tertiary/aromatic N) is 1. The Morgan fingerprint density at radius 1 is 1.56 bits per heavy atom. The van der Waals surface area contributed by atoms with E-state index in [9.17, 15) is 4.79 Å². The van der Waals surface area contributed by atoms with Gasteiger partial charge in [0.25, 0.3) is 0 Å². The van der Waals surface area contributed by atoms with Crippen LogP contribution in [0.1, 0.15) is 40.0 Å². The molecule has 4 heteroatoms. The second kappa shape index (κ2) is 5.64. The molecule has 94 valence electrons. The lowest BCUT2D eigenvalue weighted by Crippen LogP contribution is -2.46. The zero-order valence-electron chi connectivity index (χ0n) is 10.8. The molecule has 0 saturated carbocycles. The van der Waals surface area contributed by atoms with Gasteiger partial charge in [0.15, 0.2) is 0 Å². The van der Waals surface area contributed by atoms with Gasteiger partial charge in [-0.25, -0.2) is 5.84 Å². The Morgan fingerprint density at radius 2 is 2.25 bits per heavy atom. The summed E-state index contributed by atoms with van der Waals surface area (Å²) in [6.07, 6.45) is 3.83. The number of likely N-dealkylation sites (tertiary alicyclic amines) is 1. The Morgan fingerprint density at radius 3 is 2.81 bits per heavy atom. The van der Waals surface area contributed by atoms with Crippen LogP contribution >= 0.6 is 0 Å². The molecule has 1 atom stereocenters. The summed E-state index contributed by atoms with van der Waals surface area (Å²) in [5.74, 6) is 5.93. The predicted octanol–water partition coefficient (Wildman–Crippen LogP) is 1.12. The van der Waals surface area contributed by atoms with E-state index < -0.39 is 5.41 Å². The van der Waals surface area contributed by atoms with E-state index in [1.807, 2.05) is 13.8 Å². The molecule has 1 heterocycles. The number of nitrogens with two attached hydrogens (primary N) is 1. The van der Waals surface area contributed by atoms with Crippen molar-refractivity contribution in [2.45, 2.75) is 40.0 Å². The summed E-state index contributed by atoms with van der Waals surface area (Å²) in [6, 6.07) is 0. The van der Waals surface area contributed by atoms with Gasteiger partial charge >= 0.3 is 0 Å². The molecule has 0 bridgehead atoms. The summed E-state index contributed by atoms with van der Waals surface area (Å²) < 4.78 is 0. The van der Waals surface area contributed by atoms with Gasteiger partial charge in [-0.1, -0.05) is 13.3 Å². The summed E-state index contributed by atoms with van der Waals surface area (Å²) in [5.41, 5.74) is 1.86. The third kappa shape index (κ3) is 3.46. The summed E-state index contributed by atoms with van der Waals surface area (Å²) >= 11 is 0. The van der Waals surface area contributed by atoms with Crippen LogP contribution in [0.5, 0.6) is 0 Å². The first-order valence-corrected chi connectivity index (χ1v) is 6.23. The number of nitrogens with one attached hydrogen (secondary N) is 1. The zero-order valence-corrected chi connectivity index (χ0v) is 10.8. The van der Waals surface area contributed by atoms with Crippen LogP contribution < -0.4 is 11.3 Å². The fourth-order valence-electron chi connectivity index (χ4n) is 2.53. The molecule has 16 heavy (non-hydrogen) atoms. The predicted molar refractivity (Wildman–Crippen MR) is 65.6 cm³/mol. The Bertz CT molecular complexity index is 240. The van der Waals surface area contributed by atoms with E-state index in [4.69, 9.17) is 5.84 Å². The maximum absolute atomic E-state index is 11.6. The fraction of sp³-hybridized carbons (Fsp3) is 0.917. The molecule has 4 nitrogen and oxygen atoms in total. The van der Waals surface area contributed by atoms with Crippen molar-refractivity contribution in [2.75, 3.05) is 19.6 Å². The standard InChI is InChI=1S/C12H25N3O/c1-4-5-10-6-7-15(8-10)9-12(2,3)11(16)14-13/h10H,4-9,13H2,1-3H3,(H,14,16). The van der Waals surface area contributed by atoms with Gasteiger partial charge in [-0.3, -0.25) is 10.2 Å². The third-order valence-electron chi connectivity index (χ3n) is 3.43. The van der Waals surface area contributed by atoms with Crippen molar-refractivity contribution in [3.05, 3.63) is 0 Å². The maximum atomic E-state index is 11.6. The molecule has 0 aromatic rings. The first kappa shape index (κ1) is 13.5. The first-order chi connectivity index (χ1) is 7.49. The minimum absolute atomic E-state index is 0.0774. The molecule has 0 aromatic heterocycles. The zero-order chi connectivity index (χ0) is 12.2. The van der Waals surface area contributed by atoms with Crippen LogP contribution in [-0.2, 0) is 4.79 Å². The van der Waals surface area contributed by atoms with Crippen LogP contribution in [-0.4, -0.2) is 30.4 Å². The van der Waals surface area contributed by atoms with Crippen molar-refractivity contribution in [1.29, 1.82) is 0 Å². The lowest BCUT2D eigenvalue weighted by molar-refractivity contribution is -0.130. The maximum Gasteiger partial charge on any atom is 0.240 e. The SMILES string of the molecule is CCCC1CCN(CC(C)(C)C(=O)NN)C1. The van der Waals surface area contributed by atoms with Gasteiger partial charge in [-0.2, -0.15) is 0 Å². The van der Waals surface area contributed by atoms with Gasteiger partial charge < -0.3 is 4.90 Å². The van der Waals surface area contributed by atoms with Crippen LogP contribution in [0.15, 0.2) is 0 Å². The van der Waals surface area contributed by atoms with Crippen LogP contribution in [0, 0.1) is 11.3 Å². The quantitative estimate of drug-likeness (QED) is 0.420. The smallest absolute Gasteiger partial charge is 0.240 e. The second-order valence-corrected chi connectivity index (χ2v) is 5.54. The van der Waals surface area contributed by atoms with Crippen molar-refractivity contribution in [2.24, 2.45) is 17.2 Å². The summed E-state index contributed by atoms with van der Waals surface area (Å²) in [7, 11) is 0. The number of rotatable bonds is 5. The molecular weight excluding hydrogens is 202 g/mol. The lowest BCUT2D eigenvalue weighted by atomic mass is 9.92. The molecular formula is C12H25N3O. The normalized spacial score (nSPS) is 22.4. The van der Waals surface area contributed by atoms with Crippen LogP contribution in [0.4, 0.5) is 0 Å². The highest BCUT2D eigenvalue weighted by atomic mass is 16.2. The van der Waals surface area contributed by atoms with Crippen molar-refractivity contribution < 1.29 is 4.79 Å². The average Bonchev–Trinajstić information content (AvgIpc) is 2.64. The van der Waals surface area contributed by atoms with Gasteiger partial charge in [0.05, 0.1) is 5.41 Å². The van der Waals surface area contributed by atoms with E-state index in [0.29, 0.717) is 0 Å². The summed E-state index contributed by atoms with van der Waals surface area (Å²) in [6.45, 7) is 9.18. The Balaban J connectivity index is 2.41. The number of hydrazine groups is 1. The molecule has 1 rings (SSSR count). The molecule has 3 N–H and O–H groups in total. The van der Waals surface area contributed by atoms with E-state index in [1.54, 1.807) is 0 Å². The van der Waals surface area contributed by atoms with E-state index in [2.05, 4.69) is 17.2 Å². The Kier molecular flexibility index (Phi) is 4.74. The highest BCUT2D eigenvalue weighted by Gasteiger charge is 2.32. The first-order valence-electron chi connectivity index (χ1n) is 6.23. The highest BCUT2D eigenvalue weighted by Crippen LogP contribution is 2.25. The van der Waals surface area contributed by atoms with Gasteiger partial charge in [0.2, 0.25) is 5.91 Å². The largest absolute Gasteiger partial charge is 0.302 e. The molecule has 0 radical (unpaired) electrons. The molecule has 1 saturated heterocycles. The summed E-state index contributed by atoms with van der Waals surface area (Å²) in [5, 5.41) is 0. The molecule has 0 spiro atoms. The highest BCUT2D eigenvalue weighted by molar-refractivity contribution is 5.81. The number of hydrogen-bond acceptors (Lipinski definition) is 3. The minimum atomic E-state index is -0.393. The van der Waals surface area contributed by atoms with Crippen molar-refractivity contribution in [1.82, 2.24) is 10.3 Å². The minimum Gasteiger partial charge on any atom is -0.302 e. The van der Waals surface area contributed by atoms with Crippen molar-refractivity contribution in [3.8, 4) is 0 Å². The van der Waals surface area contributed by atoms with Gasteiger partial charge in [0, 0.05) is 13.1 Å². The fourth-order valence-corrected chi connectivity index (χ4v) is 2.53. The van der Waals surface area contributed by atoms with Gasteiger partial charge in [0.1, 0.15) is 0 Å². The molecule has 1 aliphatic heterocycles. The van der Waals surface area contributed by atoms with E-state index in [-0.39, 0.29) is 5.91 Å². The number of carbonyl (C=O) groups excluding carboxylic acids is 1. The molecule has 1 unspecified atom stereocenters. The number of carbonyl (C=O) groups is 1. The monoisotopic (exact) mass is 227 g/mol. The van der Waals surface area contributed by atoms with E-state index >= 15 is 0 Å². The van der Waals surface area contributed by atoms with E-state index in [1.165, 1.54) is 19.3 Å². The number of amides is 1. The number of hydrogen-bond donors (Lipinski definition) is 2. The molecule has 0 aromatic carbocycles. The van der Waals surface area contributed by atoms with Crippen molar-refractivity contribution >= 4 is 5.91 Å².